The maximum atomic E-state index is 13.6. The van der Waals surface area contributed by atoms with Crippen molar-refractivity contribution in [2.24, 2.45) is 0 Å². The van der Waals surface area contributed by atoms with E-state index in [1.165, 1.54) is 27.4 Å². The number of halogens is 1. The lowest BCUT2D eigenvalue weighted by Gasteiger charge is -2.34. The van der Waals surface area contributed by atoms with Gasteiger partial charge in [0.2, 0.25) is 10.0 Å². The zero-order valence-corrected chi connectivity index (χ0v) is 13.5. The highest BCUT2D eigenvalue weighted by molar-refractivity contribution is 7.89. The van der Waals surface area contributed by atoms with Gasteiger partial charge < -0.3 is 4.90 Å². The van der Waals surface area contributed by atoms with E-state index in [9.17, 15) is 17.6 Å². The molecule has 0 saturated carbocycles. The Labute approximate surface area is 130 Å². The summed E-state index contributed by atoms with van der Waals surface area (Å²) in [4.78, 5) is 13.8. The van der Waals surface area contributed by atoms with Gasteiger partial charge in [0.25, 0.3) is 5.91 Å². The van der Waals surface area contributed by atoms with Crippen LogP contribution in [-0.2, 0) is 10.0 Å². The summed E-state index contributed by atoms with van der Waals surface area (Å²) in [6.07, 6.45) is 1.46. The molecule has 122 valence electrons. The highest BCUT2D eigenvalue weighted by atomic mass is 32.2. The molecule has 1 aliphatic rings. The molecule has 22 heavy (non-hydrogen) atoms. The molecule has 0 N–H and O–H groups in total. The zero-order valence-electron chi connectivity index (χ0n) is 12.7. The number of hydrogen-bond acceptors (Lipinski definition) is 3. The van der Waals surface area contributed by atoms with Gasteiger partial charge in [0.05, 0.1) is 11.3 Å². The highest BCUT2D eigenvalue weighted by Gasteiger charge is 2.29. The molecule has 1 fully saturated rings. The molecule has 1 aromatic rings. The van der Waals surface area contributed by atoms with Crippen molar-refractivity contribution in [1.82, 2.24) is 9.21 Å². The first kappa shape index (κ1) is 16.9. The first-order valence-electron chi connectivity index (χ1n) is 7.47. The second-order valence-electron chi connectivity index (χ2n) is 5.34. The molecular formula is C15H21FN2O3S. The van der Waals surface area contributed by atoms with E-state index in [0.717, 1.165) is 6.42 Å². The van der Waals surface area contributed by atoms with Crippen molar-refractivity contribution in [2.45, 2.75) is 19.8 Å². The topological polar surface area (TPSA) is 57.7 Å². The van der Waals surface area contributed by atoms with Crippen LogP contribution >= 0.6 is 0 Å². The quantitative estimate of drug-likeness (QED) is 0.827. The van der Waals surface area contributed by atoms with Gasteiger partial charge in [0.15, 0.2) is 0 Å². The smallest absolute Gasteiger partial charge is 0.256 e. The van der Waals surface area contributed by atoms with Gasteiger partial charge >= 0.3 is 0 Å². The standard InChI is InChI=1S/C15H21FN2O3S/c1-2-3-12-22(20,21)18-10-8-17(9-11-18)15(19)13-6-4-5-7-14(13)16/h4-7H,2-3,8-12H2,1H3. The average molecular weight is 328 g/mol. The van der Waals surface area contributed by atoms with Gasteiger partial charge in [-0.25, -0.2) is 12.8 Å². The van der Waals surface area contributed by atoms with E-state index in [-0.39, 0.29) is 30.3 Å². The molecule has 0 aromatic heterocycles. The van der Waals surface area contributed by atoms with Gasteiger partial charge in [-0.3, -0.25) is 4.79 Å². The summed E-state index contributed by atoms with van der Waals surface area (Å²) in [5.41, 5.74) is 0.0322. The third-order valence-corrected chi connectivity index (χ3v) is 5.74. The van der Waals surface area contributed by atoms with Crippen molar-refractivity contribution in [2.75, 3.05) is 31.9 Å². The maximum Gasteiger partial charge on any atom is 0.256 e. The van der Waals surface area contributed by atoms with Crippen molar-refractivity contribution < 1.29 is 17.6 Å². The van der Waals surface area contributed by atoms with Crippen LogP contribution in [0.2, 0.25) is 0 Å². The van der Waals surface area contributed by atoms with E-state index in [4.69, 9.17) is 0 Å². The summed E-state index contributed by atoms with van der Waals surface area (Å²) in [6.45, 7) is 3.07. The molecule has 0 radical (unpaired) electrons. The molecule has 0 bridgehead atoms. The zero-order chi connectivity index (χ0) is 16.2. The Hall–Kier alpha value is -1.47. The minimum Gasteiger partial charge on any atom is -0.336 e. The van der Waals surface area contributed by atoms with E-state index in [1.54, 1.807) is 6.07 Å². The van der Waals surface area contributed by atoms with Gasteiger partial charge in [0.1, 0.15) is 5.82 Å². The largest absolute Gasteiger partial charge is 0.336 e. The molecule has 1 heterocycles. The molecule has 0 atom stereocenters. The van der Waals surface area contributed by atoms with E-state index >= 15 is 0 Å². The van der Waals surface area contributed by atoms with Crippen LogP contribution in [0.15, 0.2) is 24.3 Å². The Morgan fingerprint density at radius 2 is 1.82 bits per heavy atom. The van der Waals surface area contributed by atoms with Crippen LogP contribution in [0.1, 0.15) is 30.1 Å². The lowest BCUT2D eigenvalue weighted by Crippen LogP contribution is -2.51. The Bertz CT molecular complexity index is 625. The lowest BCUT2D eigenvalue weighted by atomic mass is 10.1. The number of hydrogen-bond donors (Lipinski definition) is 0. The first-order chi connectivity index (χ1) is 10.5. The maximum absolute atomic E-state index is 13.6. The van der Waals surface area contributed by atoms with Crippen LogP contribution in [0.3, 0.4) is 0 Å². The number of amides is 1. The van der Waals surface area contributed by atoms with Crippen LogP contribution in [-0.4, -0.2) is 55.5 Å². The van der Waals surface area contributed by atoms with E-state index < -0.39 is 15.8 Å². The molecule has 0 unspecified atom stereocenters. The Morgan fingerprint density at radius 3 is 2.41 bits per heavy atom. The first-order valence-corrected chi connectivity index (χ1v) is 9.08. The summed E-state index contributed by atoms with van der Waals surface area (Å²) >= 11 is 0. The molecule has 1 amide bonds. The Morgan fingerprint density at radius 1 is 1.18 bits per heavy atom. The second-order valence-corrected chi connectivity index (χ2v) is 7.43. The van der Waals surface area contributed by atoms with Crippen LogP contribution in [0.25, 0.3) is 0 Å². The molecule has 0 spiro atoms. The monoisotopic (exact) mass is 328 g/mol. The van der Waals surface area contributed by atoms with Gasteiger partial charge in [-0.15, -0.1) is 0 Å². The van der Waals surface area contributed by atoms with E-state index in [2.05, 4.69) is 0 Å². The number of piperazine rings is 1. The molecular weight excluding hydrogens is 307 g/mol. The number of sulfonamides is 1. The van der Waals surface area contributed by atoms with Crippen molar-refractivity contribution in [3.63, 3.8) is 0 Å². The Balaban J connectivity index is 1.98. The summed E-state index contributed by atoms with van der Waals surface area (Å²) in [6, 6.07) is 5.84. The fourth-order valence-electron chi connectivity index (χ4n) is 2.43. The minimum absolute atomic E-state index is 0.0322. The minimum atomic E-state index is -3.25. The van der Waals surface area contributed by atoms with E-state index in [0.29, 0.717) is 19.5 Å². The van der Waals surface area contributed by atoms with Crippen molar-refractivity contribution in [3.8, 4) is 0 Å². The molecule has 1 aromatic carbocycles. The van der Waals surface area contributed by atoms with E-state index in [1.807, 2.05) is 6.92 Å². The fraction of sp³-hybridized carbons (Fsp3) is 0.533. The highest BCUT2D eigenvalue weighted by Crippen LogP contribution is 2.14. The third kappa shape index (κ3) is 3.84. The summed E-state index contributed by atoms with van der Waals surface area (Å²) in [5.74, 6) is -0.792. The predicted octanol–water partition coefficient (Wildman–Crippen LogP) is 1.71. The van der Waals surface area contributed by atoms with Crippen LogP contribution < -0.4 is 0 Å². The number of benzene rings is 1. The van der Waals surface area contributed by atoms with Crippen LogP contribution in [0, 0.1) is 5.82 Å². The number of carbonyl (C=O) groups excluding carboxylic acids is 1. The lowest BCUT2D eigenvalue weighted by molar-refractivity contribution is 0.0693. The number of nitrogens with zero attached hydrogens (tertiary/aromatic N) is 2. The number of unbranched alkanes of at least 4 members (excludes halogenated alkanes) is 1. The normalized spacial score (nSPS) is 16.7. The number of rotatable bonds is 5. The van der Waals surface area contributed by atoms with Gasteiger partial charge in [-0.05, 0) is 18.6 Å². The van der Waals surface area contributed by atoms with Gasteiger partial charge in [-0.1, -0.05) is 25.5 Å². The molecule has 1 saturated heterocycles. The van der Waals surface area contributed by atoms with Gasteiger partial charge in [0, 0.05) is 26.2 Å². The molecule has 0 aliphatic carbocycles. The molecule has 7 heteroatoms. The van der Waals surface area contributed by atoms with Crippen molar-refractivity contribution in [3.05, 3.63) is 35.6 Å². The second kappa shape index (κ2) is 7.19. The predicted molar refractivity (Wildman–Crippen MR) is 82.6 cm³/mol. The van der Waals surface area contributed by atoms with Crippen LogP contribution in [0.5, 0.6) is 0 Å². The Kier molecular flexibility index (Phi) is 5.52. The summed E-state index contributed by atoms with van der Waals surface area (Å²) < 4.78 is 39.3. The van der Waals surface area contributed by atoms with Crippen molar-refractivity contribution in [1.29, 1.82) is 0 Å². The fourth-order valence-corrected chi connectivity index (χ4v) is 4.06. The molecule has 5 nitrogen and oxygen atoms in total. The third-order valence-electron chi connectivity index (χ3n) is 3.78. The number of carbonyl (C=O) groups is 1. The average Bonchev–Trinajstić information content (AvgIpc) is 2.53. The summed E-state index contributed by atoms with van der Waals surface area (Å²) in [7, 11) is -3.25. The molecule has 2 rings (SSSR count). The van der Waals surface area contributed by atoms with Crippen LogP contribution in [0.4, 0.5) is 4.39 Å². The van der Waals surface area contributed by atoms with Gasteiger partial charge in [-0.2, -0.15) is 4.31 Å². The van der Waals surface area contributed by atoms with Crippen molar-refractivity contribution >= 4 is 15.9 Å². The molecule has 1 aliphatic heterocycles. The summed E-state index contributed by atoms with van der Waals surface area (Å²) in [5, 5.41) is 0. The SMILES string of the molecule is CCCCS(=O)(=O)N1CCN(C(=O)c2ccccc2F)CC1.